The van der Waals surface area contributed by atoms with Crippen molar-refractivity contribution >= 4 is 37.3 Å². The second-order valence-electron chi connectivity index (χ2n) is 5.06. The van der Waals surface area contributed by atoms with Gasteiger partial charge in [0.15, 0.2) is 0 Å². The lowest BCUT2D eigenvalue weighted by molar-refractivity contribution is 0.601. The number of nitrogens with one attached hydrogen (secondary N) is 1. The molecule has 0 atom stereocenters. The summed E-state index contributed by atoms with van der Waals surface area (Å²) >= 11 is 3.40. The molecule has 0 saturated heterocycles. The van der Waals surface area contributed by atoms with Gasteiger partial charge in [0, 0.05) is 10.2 Å². The van der Waals surface area contributed by atoms with Crippen molar-refractivity contribution in [2.75, 3.05) is 10.5 Å². The average molecular weight is 369 g/mol. The molecule has 0 saturated carbocycles. The van der Waals surface area contributed by atoms with E-state index in [1.54, 1.807) is 19.1 Å². The lowest BCUT2D eigenvalue weighted by Crippen LogP contribution is -2.14. The third-order valence-electron chi connectivity index (χ3n) is 3.22. The SMILES string of the molecule is Cc1cc(C)c(NS(=O)(=O)c2ccc(N)c(C)c2)c(Br)c1. The van der Waals surface area contributed by atoms with Gasteiger partial charge in [0.05, 0.1) is 10.6 Å². The first-order valence-electron chi connectivity index (χ1n) is 6.36. The van der Waals surface area contributed by atoms with Gasteiger partial charge in [0.1, 0.15) is 0 Å². The molecule has 0 aliphatic rings. The first kappa shape index (κ1) is 15.9. The molecule has 0 radical (unpaired) electrons. The van der Waals surface area contributed by atoms with Crippen molar-refractivity contribution in [3.63, 3.8) is 0 Å². The lowest BCUT2D eigenvalue weighted by atomic mass is 10.1. The summed E-state index contributed by atoms with van der Waals surface area (Å²) in [5.74, 6) is 0. The summed E-state index contributed by atoms with van der Waals surface area (Å²) in [7, 11) is -3.65. The molecular weight excluding hydrogens is 352 g/mol. The molecule has 0 spiro atoms. The van der Waals surface area contributed by atoms with Crippen molar-refractivity contribution in [3.8, 4) is 0 Å². The van der Waals surface area contributed by atoms with Crippen LogP contribution in [0, 0.1) is 20.8 Å². The molecule has 0 aromatic heterocycles. The summed E-state index contributed by atoms with van der Waals surface area (Å²) in [5.41, 5.74) is 9.50. The normalized spacial score (nSPS) is 11.4. The van der Waals surface area contributed by atoms with Gasteiger partial charge in [-0.25, -0.2) is 8.42 Å². The highest BCUT2D eigenvalue weighted by Gasteiger charge is 2.17. The van der Waals surface area contributed by atoms with Crippen LogP contribution in [0.15, 0.2) is 39.7 Å². The number of nitrogens with two attached hydrogens (primary N) is 1. The van der Waals surface area contributed by atoms with Crippen LogP contribution in [-0.4, -0.2) is 8.42 Å². The fourth-order valence-electron chi connectivity index (χ4n) is 2.05. The van der Waals surface area contributed by atoms with E-state index in [-0.39, 0.29) is 4.90 Å². The van der Waals surface area contributed by atoms with E-state index in [1.807, 2.05) is 26.0 Å². The van der Waals surface area contributed by atoms with Crippen molar-refractivity contribution in [2.45, 2.75) is 25.7 Å². The van der Waals surface area contributed by atoms with Gasteiger partial charge in [-0.2, -0.15) is 0 Å². The fourth-order valence-corrected chi connectivity index (χ4v) is 4.19. The van der Waals surface area contributed by atoms with E-state index < -0.39 is 10.0 Å². The third kappa shape index (κ3) is 3.39. The summed E-state index contributed by atoms with van der Waals surface area (Å²) < 4.78 is 28.3. The topological polar surface area (TPSA) is 72.2 Å². The van der Waals surface area contributed by atoms with E-state index in [1.165, 1.54) is 6.07 Å². The smallest absolute Gasteiger partial charge is 0.261 e. The van der Waals surface area contributed by atoms with Crippen LogP contribution in [0.3, 0.4) is 0 Å². The van der Waals surface area contributed by atoms with E-state index in [2.05, 4.69) is 20.7 Å². The number of hydrogen-bond acceptors (Lipinski definition) is 3. The predicted octanol–water partition coefficient (Wildman–Crippen LogP) is 3.76. The second-order valence-corrected chi connectivity index (χ2v) is 7.60. The first-order chi connectivity index (χ1) is 9.70. The van der Waals surface area contributed by atoms with Crippen molar-refractivity contribution in [1.29, 1.82) is 0 Å². The Morgan fingerprint density at radius 3 is 2.29 bits per heavy atom. The maximum absolute atomic E-state index is 12.5. The van der Waals surface area contributed by atoms with Crippen LogP contribution < -0.4 is 10.5 Å². The largest absolute Gasteiger partial charge is 0.399 e. The van der Waals surface area contributed by atoms with Crippen LogP contribution >= 0.6 is 15.9 Å². The zero-order chi connectivity index (χ0) is 15.8. The van der Waals surface area contributed by atoms with Gasteiger partial charge in [0.2, 0.25) is 0 Å². The predicted molar refractivity (Wildman–Crippen MR) is 90.0 cm³/mol. The Morgan fingerprint density at radius 1 is 1.05 bits per heavy atom. The number of nitrogen functional groups attached to an aromatic ring is 1. The number of aryl methyl sites for hydroxylation is 3. The summed E-state index contributed by atoms with van der Waals surface area (Å²) in [5, 5.41) is 0. The van der Waals surface area contributed by atoms with Crippen LogP contribution in [0.25, 0.3) is 0 Å². The molecule has 112 valence electrons. The van der Waals surface area contributed by atoms with E-state index >= 15 is 0 Å². The number of halogens is 1. The highest BCUT2D eigenvalue weighted by Crippen LogP contribution is 2.30. The van der Waals surface area contributed by atoms with Crippen molar-refractivity contribution in [1.82, 2.24) is 0 Å². The average Bonchev–Trinajstić information content (AvgIpc) is 2.37. The van der Waals surface area contributed by atoms with E-state index in [0.29, 0.717) is 11.4 Å². The lowest BCUT2D eigenvalue weighted by Gasteiger charge is -2.14. The number of hydrogen-bond donors (Lipinski definition) is 2. The summed E-state index contributed by atoms with van der Waals surface area (Å²) in [6, 6.07) is 8.47. The highest BCUT2D eigenvalue weighted by atomic mass is 79.9. The van der Waals surface area contributed by atoms with Gasteiger partial charge in [0.25, 0.3) is 10.0 Å². The van der Waals surface area contributed by atoms with Gasteiger partial charge in [-0.15, -0.1) is 0 Å². The maximum Gasteiger partial charge on any atom is 0.261 e. The van der Waals surface area contributed by atoms with Crippen molar-refractivity contribution in [2.24, 2.45) is 0 Å². The van der Waals surface area contributed by atoms with Crippen molar-refractivity contribution in [3.05, 3.63) is 51.5 Å². The summed E-state index contributed by atoms with van der Waals surface area (Å²) in [6.45, 7) is 5.60. The van der Waals surface area contributed by atoms with Crippen LogP contribution in [0.1, 0.15) is 16.7 Å². The Kier molecular flexibility index (Phi) is 4.30. The number of benzene rings is 2. The van der Waals surface area contributed by atoms with Gasteiger partial charge >= 0.3 is 0 Å². The quantitative estimate of drug-likeness (QED) is 0.810. The highest BCUT2D eigenvalue weighted by molar-refractivity contribution is 9.10. The molecule has 6 heteroatoms. The molecule has 0 aliphatic carbocycles. The minimum absolute atomic E-state index is 0.195. The minimum Gasteiger partial charge on any atom is -0.399 e. The Balaban J connectivity index is 2.44. The Morgan fingerprint density at radius 2 is 1.71 bits per heavy atom. The molecule has 2 rings (SSSR count). The van der Waals surface area contributed by atoms with Crippen LogP contribution in [0.4, 0.5) is 11.4 Å². The molecule has 2 aromatic carbocycles. The molecule has 0 bridgehead atoms. The monoisotopic (exact) mass is 368 g/mol. The van der Waals surface area contributed by atoms with E-state index in [9.17, 15) is 8.42 Å². The molecule has 0 aliphatic heterocycles. The Bertz CT molecular complexity index is 778. The van der Waals surface area contributed by atoms with Crippen LogP contribution in [0.5, 0.6) is 0 Å². The summed E-state index contributed by atoms with van der Waals surface area (Å²) in [6.07, 6.45) is 0. The maximum atomic E-state index is 12.5. The number of rotatable bonds is 3. The minimum atomic E-state index is -3.65. The zero-order valence-corrected chi connectivity index (χ0v) is 14.5. The standard InChI is InChI=1S/C15H17BrN2O2S/c1-9-6-11(3)15(13(16)7-9)18-21(19,20)12-4-5-14(17)10(2)8-12/h4-8,18H,17H2,1-3H3. The Labute approximate surface area is 133 Å². The van der Waals surface area contributed by atoms with Gasteiger partial charge in [-0.05, 0) is 77.7 Å². The van der Waals surface area contributed by atoms with Gasteiger partial charge in [-0.1, -0.05) is 6.07 Å². The van der Waals surface area contributed by atoms with Gasteiger partial charge < -0.3 is 5.73 Å². The number of anilines is 2. The van der Waals surface area contributed by atoms with E-state index in [4.69, 9.17) is 5.73 Å². The molecule has 3 N–H and O–H groups in total. The molecule has 0 amide bonds. The first-order valence-corrected chi connectivity index (χ1v) is 8.64. The fraction of sp³-hybridized carbons (Fsp3) is 0.200. The van der Waals surface area contributed by atoms with Gasteiger partial charge in [-0.3, -0.25) is 4.72 Å². The van der Waals surface area contributed by atoms with Crippen LogP contribution in [-0.2, 0) is 10.0 Å². The molecule has 0 heterocycles. The Hall–Kier alpha value is -1.53. The number of sulfonamides is 1. The van der Waals surface area contributed by atoms with Crippen LogP contribution in [0.2, 0.25) is 0 Å². The molecule has 21 heavy (non-hydrogen) atoms. The molecule has 2 aromatic rings. The van der Waals surface area contributed by atoms with E-state index in [0.717, 1.165) is 21.2 Å². The van der Waals surface area contributed by atoms with Crippen molar-refractivity contribution < 1.29 is 8.42 Å². The molecule has 4 nitrogen and oxygen atoms in total. The third-order valence-corrected chi connectivity index (χ3v) is 5.19. The summed E-state index contributed by atoms with van der Waals surface area (Å²) in [4.78, 5) is 0.195. The zero-order valence-electron chi connectivity index (χ0n) is 12.1. The molecule has 0 fully saturated rings. The second kappa shape index (κ2) is 5.69. The molecular formula is C15H17BrN2O2S. The molecule has 0 unspecified atom stereocenters.